The molecule has 1 saturated heterocycles. The number of aliphatic hydroxyl groups is 1. The Balaban J connectivity index is 2.19. The van der Waals surface area contributed by atoms with E-state index >= 15 is 0 Å². The van der Waals surface area contributed by atoms with Crippen molar-refractivity contribution in [1.29, 1.82) is 0 Å². The average Bonchev–Trinajstić information content (AvgIpc) is 2.27. The Morgan fingerprint density at radius 3 is 2.88 bits per heavy atom. The van der Waals surface area contributed by atoms with Crippen molar-refractivity contribution in [2.24, 2.45) is 5.92 Å². The van der Waals surface area contributed by atoms with Gasteiger partial charge in [0, 0.05) is 19.3 Å². The number of ether oxygens (including phenoxy) is 1. The van der Waals surface area contributed by atoms with Gasteiger partial charge in [0.2, 0.25) is 0 Å². The van der Waals surface area contributed by atoms with E-state index in [9.17, 15) is 0 Å². The summed E-state index contributed by atoms with van der Waals surface area (Å²) in [6.07, 6.45) is 6.00. The van der Waals surface area contributed by atoms with Crippen LogP contribution in [0.5, 0.6) is 0 Å². The first-order valence-electron chi connectivity index (χ1n) is 6.72. The van der Waals surface area contributed by atoms with Crippen LogP contribution in [0.2, 0.25) is 0 Å². The molecule has 0 aliphatic carbocycles. The fourth-order valence-corrected chi connectivity index (χ4v) is 2.46. The van der Waals surface area contributed by atoms with E-state index in [1.165, 1.54) is 12.8 Å². The molecule has 3 unspecified atom stereocenters. The molecule has 1 aliphatic heterocycles. The SMILES string of the molecule is CCCC(CCO)CNC1CCOC(C)C1. The van der Waals surface area contributed by atoms with Crippen LogP contribution in [-0.2, 0) is 4.74 Å². The number of nitrogens with one attached hydrogen (secondary N) is 1. The van der Waals surface area contributed by atoms with Gasteiger partial charge >= 0.3 is 0 Å². The van der Waals surface area contributed by atoms with Gasteiger partial charge in [-0.2, -0.15) is 0 Å². The Labute approximate surface area is 99.6 Å². The van der Waals surface area contributed by atoms with E-state index in [1.54, 1.807) is 0 Å². The number of aliphatic hydroxyl groups excluding tert-OH is 1. The van der Waals surface area contributed by atoms with Crippen LogP contribution in [-0.4, -0.2) is 37.0 Å². The molecule has 3 nitrogen and oxygen atoms in total. The minimum absolute atomic E-state index is 0.316. The van der Waals surface area contributed by atoms with Crippen molar-refractivity contribution in [2.45, 2.75) is 58.1 Å². The highest BCUT2D eigenvalue weighted by atomic mass is 16.5. The van der Waals surface area contributed by atoms with Gasteiger partial charge < -0.3 is 15.2 Å². The number of hydrogen-bond donors (Lipinski definition) is 2. The third-order valence-electron chi connectivity index (χ3n) is 3.41. The quantitative estimate of drug-likeness (QED) is 0.701. The molecule has 0 radical (unpaired) electrons. The first kappa shape index (κ1) is 13.9. The number of hydrogen-bond acceptors (Lipinski definition) is 3. The highest BCUT2D eigenvalue weighted by molar-refractivity contribution is 4.76. The molecular weight excluding hydrogens is 202 g/mol. The van der Waals surface area contributed by atoms with Gasteiger partial charge in [-0.15, -0.1) is 0 Å². The zero-order valence-electron chi connectivity index (χ0n) is 10.7. The fraction of sp³-hybridized carbons (Fsp3) is 1.00. The fourth-order valence-electron chi connectivity index (χ4n) is 2.46. The summed E-state index contributed by atoms with van der Waals surface area (Å²) in [4.78, 5) is 0. The van der Waals surface area contributed by atoms with E-state index in [-0.39, 0.29) is 0 Å². The van der Waals surface area contributed by atoms with E-state index in [1.807, 2.05) is 0 Å². The molecule has 1 fully saturated rings. The first-order valence-corrected chi connectivity index (χ1v) is 6.72. The Morgan fingerprint density at radius 1 is 1.44 bits per heavy atom. The predicted octanol–water partition coefficient (Wildman–Crippen LogP) is 1.94. The summed E-state index contributed by atoms with van der Waals surface area (Å²) in [5, 5.41) is 12.6. The summed E-state index contributed by atoms with van der Waals surface area (Å²) in [5.74, 6) is 0.633. The van der Waals surface area contributed by atoms with E-state index < -0.39 is 0 Å². The van der Waals surface area contributed by atoms with Gasteiger partial charge in [0.25, 0.3) is 0 Å². The van der Waals surface area contributed by atoms with Crippen molar-refractivity contribution >= 4 is 0 Å². The lowest BCUT2D eigenvalue weighted by atomic mass is 9.98. The molecule has 1 heterocycles. The molecule has 1 aliphatic rings. The maximum absolute atomic E-state index is 8.99. The third-order valence-corrected chi connectivity index (χ3v) is 3.41. The van der Waals surface area contributed by atoms with Gasteiger partial charge in [-0.1, -0.05) is 13.3 Å². The van der Waals surface area contributed by atoms with Crippen LogP contribution >= 0.6 is 0 Å². The van der Waals surface area contributed by atoms with Crippen molar-refractivity contribution < 1.29 is 9.84 Å². The van der Waals surface area contributed by atoms with E-state index in [4.69, 9.17) is 9.84 Å². The molecule has 0 amide bonds. The average molecular weight is 229 g/mol. The largest absolute Gasteiger partial charge is 0.396 e. The topological polar surface area (TPSA) is 41.5 Å². The number of rotatable bonds is 7. The van der Waals surface area contributed by atoms with E-state index in [2.05, 4.69) is 19.2 Å². The Kier molecular flexibility index (Phi) is 7.01. The molecule has 0 bridgehead atoms. The summed E-state index contributed by atoms with van der Waals surface area (Å²) in [5.41, 5.74) is 0. The third kappa shape index (κ3) is 5.28. The van der Waals surface area contributed by atoms with Gasteiger partial charge in [0.1, 0.15) is 0 Å². The van der Waals surface area contributed by atoms with E-state index in [0.717, 1.165) is 32.4 Å². The Bertz CT molecular complexity index is 165. The molecule has 16 heavy (non-hydrogen) atoms. The van der Waals surface area contributed by atoms with Crippen molar-refractivity contribution in [3.05, 3.63) is 0 Å². The van der Waals surface area contributed by atoms with Crippen LogP contribution in [0.25, 0.3) is 0 Å². The van der Waals surface area contributed by atoms with Crippen LogP contribution in [0, 0.1) is 5.92 Å². The van der Waals surface area contributed by atoms with Crippen LogP contribution in [0.15, 0.2) is 0 Å². The van der Waals surface area contributed by atoms with Gasteiger partial charge in [0.05, 0.1) is 6.10 Å². The lowest BCUT2D eigenvalue weighted by Crippen LogP contribution is -2.40. The van der Waals surface area contributed by atoms with Crippen LogP contribution in [0.3, 0.4) is 0 Å². The van der Waals surface area contributed by atoms with Gasteiger partial charge in [0.15, 0.2) is 0 Å². The highest BCUT2D eigenvalue weighted by Crippen LogP contribution is 2.15. The summed E-state index contributed by atoms with van der Waals surface area (Å²) in [6.45, 7) is 6.60. The summed E-state index contributed by atoms with van der Waals surface area (Å²) in [7, 11) is 0. The molecule has 3 heteroatoms. The standard InChI is InChI=1S/C13H27NO2/c1-3-4-12(5-7-15)10-14-13-6-8-16-11(2)9-13/h11-15H,3-10H2,1-2H3. The maximum atomic E-state index is 8.99. The molecule has 96 valence electrons. The van der Waals surface area contributed by atoms with Crippen molar-refractivity contribution in [3.8, 4) is 0 Å². The molecule has 0 saturated carbocycles. The zero-order chi connectivity index (χ0) is 11.8. The predicted molar refractivity (Wildman–Crippen MR) is 66.5 cm³/mol. The molecule has 1 rings (SSSR count). The van der Waals surface area contributed by atoms with Crippen LogP contribution < -0.4 is 5.32 Å². The van der Waals surface area contributed by atoms with Crippen molar-refractivity contribution in [2.75, 3.05) is 19.8 Å². The normalized spacial score (nSPS) is 27.9. The Morgan fingerprint density at radius 2 is 2.25 bits per heavy atom. The highest BCUT2D eigenvalue weighted by Gasteiger charge is 2.19. The first-order chi connectivity index (χ1) is 7.76. The minimum atomic E-state index is 0.316. The second kappa shape index (κ2) is 8.04. The van der Waals surface area contributed by atoms with Gasteiger partial charge in [-0.25, -0.2) is 0 Å². The summed E-state index contributed by atoms with van der Waals surface area (Å²) >= 11 is 0. The molecule has 0 aromatic rings. The van der Waals surface area contributed by atoms with Crippen LogP contribution in [0.1, 0.15) is 46.0 Å². The maximum Gasteiger partial charge on any atom is 0.0561 e. The van der Waals surface area contributed by atoms with E-state index in [0.29, 0.717) is 24.7 Å². The Hall–Kier alpha value is -0.120. The zero-order valence-corrected chi connectivity index (χ0v) is 10.7. The van der Waals surface area contributed by atoms with Crippen molar-refractivity contribution in [3.63, 3.8) is 0 Å². The monoisotopic (exact) mass is 229 g/mol. The molecule has 2 N–H and O–H groups in total. The smallest absolute Gasteiger partial charge is 0.0561 e. The van der Waals surface area contributed by atoms with Crippen LogP contribution in [0.4, 0.5) is 0 Å². The summed E-state index contributed by atoms with van der Waals surface area (Å²) in [6, 6.07) is 0.613. The summed E-state index contributed by atoms with van der Waals surface area (Å²) < 4.78 is 5.53. The molecule has 0 spiro atoms. The second-order valence-electron chi connectivity index (χ2n) is 4.98. The lowest BCUT2D eigenvalue weighted by molar-refractivity contribution is 0.0124. The lowest BCUT2D eigenvalue weighted by Gasteiger charge is -2.29. The second-order valence-corrected chi connectivity index (χ2v) is 4.98. The van der Waals surface area contributed by atoms with Gasteiger partial charge in [-0.05, 0) is 45.1 Å². The van der Waals surface area contributed by atoms with Crippen molar-refractivity contribution in [1.82, 2.24) is 5.32 Å². The van der Waals surface area contributed by atoms with Gasteiger partial charge in [-0.3, -0.25) is 0 Å². The molecule has 3 atom stereocenters. The minimum Gasteiger partial charge on any atom is -0.396 e. The molecule has 0 aromatic heterocycles. The molecule has 0 aromatic carbocycles. The molecular formula is C13H27NO2.